The number of amides is 1. The maximum atomic E-state index is 12.1. The molecular formula is C17H18ClNO. The minimum atomic E-state index is -0.0558. The van der Waals surface area contributed by atoms with Crippen molar-refractivity contribution in [2.45, 2.75) is 18.7 Å². The number of halogens is 1. The standard InChI is InChI=1S/C17H18ClNO/c1-13(15-7-3-2-4-8-15)12-19-17(20)16-9-5-6-14(10-16)11-18/h2-10,13H,11-12H2,1H3,(H,19,20). The number of alkyl halides is 1. The van der Waals surface area contributed by atoms with E-state index in [1.165, 1.54) is 5.56 Å². The van der Waals surface area contributed by atoms with E-state index in [2.05, 4.69) is 24.4 Å². The van der Waals surface area contributed by atoms with Crippen LogP contribution < -0.4 is 5.32 Å². The van der Waals surface area contributed by atoms with Gasteiger partial charge in [-0.15, -0.1) is 11.6 Å². The average molecular weight is 288 g/mol. The lowest BCUT2D eigenvalue weighted by Gasteiger charge is -2.13. The molecule has 0 saturated heterocycles. The van der Waals surface area contributed by atoms with Gasteiger partial charge >= 0.3 is 0 Å². The second-order valence-electron chi connectivity index (χ2n) is 4.86. The minimum absolute atomic E-state index is 0.0558. The van der Waals surface area contributed by atoms with E-state index in [0.29, 0.717) is 18.0 Å². The van der Waals surface area contributed by atoms with Crippen molar-refractivity contribution in [1.82, 2.24) is 5.32 Å². The van der Waals surface area contributed by atoms with Gasteiger partial charge in [0.2, 0.25) is 0 Å². The van der Waals surface area contributed by atoms with E-state index in [9.17, 15) is 4.79 Å². The van der Waals surface area contributed by atoms with Crippen LogP contribution >= 0.6 is 11.6 Å². The fraction of sp³-hybridized carbons (Fsp3) is 0.235. The summed E-state index contributed by atoms with van der Waals surface area (Å²) < 4.78 is 0. The molecule has 0 aromatic heterocycles. The van der Waals surface area contributed by atoms with E-state index in [1.807, 2.05) is 36.4 Å². The zero-order chi connectivity index (χ0) is 14.4. The van der Waals surface area contributed by atoms with Gasteiger partial charge in [0, 0.05) is 18.0 Å². The van der Waals surface area contributed by atoms with Crippen LogP contribution in [-0.2, 0) is 5.88 Å². The van der Waals surface area contributed by atoms with Gasteiger partial charge in [0.15, 0.2) is 0 Å². The number of carbonyl (C=O) groups excluding carboxylic acids is 1. The Labute approximate surface area is 124 Å². The Morgan fingerprint density at radius 2 is 1.90 bits per heavy atom. The first-order valence-corrected chi connectivity index (χ1v) is 7.22. The number of hydrogen-bond donors (Lipinski definition) is 1. The fourth-order valence-electron chi connectivity index (χ4n) is 2.04. The number of hydrogen-bond acceptors (Lipinski definition) is 1. The van der Waals surface area contributed by atoms with Crippen LogP contribution in [-0.4, -0.2) is 12.5 Å². The molecule has 0 fully saturated rings. The van der Waals surface area contributed by atoms with Gasteiger partial charge in [0.1, 0.15) is 0 Å². The number of benzene rings is 2. The molecule has 2 aromatic carbocycles. The second-order valence-corrected chi connectivity index (χ2v) is 5.12. The summed E-state index contributed by atoms with van der Waals surface area (Å²) in [6.45, 7) is 2.72. The van der Waals surface area contributed by atoms with Gasteiger partial charge in [-0.3, -0.25) is 4.79 Å². The first-order valence-electron chi connectivity index (χ1n) is 6.68. The van der Waals surface area contributed by atoms with Gasteiger partial charge in [-0.1, -0.05) is 49.4 Å². The van der Waals surface area contributed by atoms with E-state index >= 15 is 0 Å². The normalized spacial score (nSPS) is 11.9. The highest BCUT2D eigenvalue weighted by atomic mass is 35.5. The lowest BCUT2D eigenvalue weighted by atomic mass is 10.0. The maximum absolute atomic E-state index is 12.1. The molecular weight excluding hydrogens is 270 g/mol. The van der Waals surface area contributed by atoms with Crippen molar-refractivity contribution in [1.29, 1.82) is 0 Å². The third-order valence-electron chi connectivity index (χ3n) is 3.28. The number of rotatable bonds is 5. The van der Waals surface area contributed by atoms with E-state index in [4.69, 9.17) is 11.6 Å². The molecule has 0 saturated carbocycles. The Morgan fingerprint density at radius 3 is 2.60 bits per heavy atom. The zero-order valence-electron chi connectivity index (χ0n) is 11.5. The summed E-state index contributed by atoms with van der Waals surface area (Å²) in [5, 5.41) is 2.97. The fourth-order valence-corrected chi connectivity index (χ4v) is 2.21. The first kappa shape index (κ1) is 14.6. The molecule has 2 rings (SSSR count). The molecule has 3 heteroatoms. The molecule has 1 N–H and O–H groups in total. The first-order chi connectivity index (χ1) is 9.70. The van der Waals surface area contributed by atoms with Crippen molar-refractivity contribution >= 4 is 17.5 Å². The summed E-state index contributed by atoms with van der Waals surface area (Å²) in [4.78, 5) is 12.1. The number of nitrogens with one attached hydrogen (secondary N) is 1. The molecule has 1 amide bonds. The van der Waals surface area contributed by atoms with Crippen molar-refractivity contribution in [3.8, 4) is 0 Å². The van der Waals surface area contributed by atoms with Gasteiger partial charge < -0.3 is 5.32 Å². The van der Waals surface area contributed by atoms with Gasteiger partial charge in [-0.2, -0.15) is 0 Å². The lowest BCUT2D eigenvalue weighted by Crippen LogP contribution is -2.27. The minimum Gasteiger partial charge on any atom is -0.351 e. The highest BCUT2D eigenvalue weighted by molar-refractivity contribution is 6.17. The molecule has 1 unspecified atom stereocenters. The van der Waals surface area contributed by atoms with Gasteiger partial charge in [0.05, 0.1) is 0 Å². The maximum Gasteiger partial charge on any atom is 0.251 e. The van der Waals surface area contributed by atoms with E-state index in [1.54, 1.807) is 6.07 Å². The summed E-state index contributed by atoms with van der Waals surface area (Å²) in [5.74, 6) is 0.651. The average Bonchev–Trinajstić information content (AvgIpc) is 2.53. The van der Waals surface area contributed by atoms with Crippen LogP contribution in [0.5, 0.6) is 0 Å². The Balaban J connectivity index is 1.95. The summed E-state index contributed by atoms with van der Waals surface area (Å²) in [7, 11) is 0. The summed E-state index contributed by atoms with van der Waals surface area (Å²) in [6, 6.07) is 17.6. The summed E-state index contributed by atoms with van der Waals surface area (Å²) in [6.07, 6.45) is 0. The predicted octanol–water partition coefficient (Wildman–Crippen LogP) is 3.96. The molecule has 0 spiro atoms. The lowest BCUT2D eigenvalue weighted by molar-refractivity contribution is 0.0951. The molecule has 0 aliphatic carbocycles. The Bertz CT molecular complexity index is 568. The quantitative estimate of drug-likeness (QED) is 0.829. The van der Waals surface area contributed by atoms with Crippen LogP contribution in [0.4, 0.5) is 0 Å². The predicted molar refractivity (Wildman–Crippen MR) is 83.2 cm³/mol. The van der Waals surface area contributed by atoms with Crippen LogP contribution in [0.3, 0.4) is 0 Å². The zero-order valence-corrected chi connectivity index (χ0v) is 12.2. The molecule has 0 heterocycles. The molecule has 0 aliphatic rings. The van der Waals surface area contributed by atoms with Gasteiger partial charge in [-0.25, -0.2) is 0 Å². The Kier molecular flexibility index (Phi) is 5.19. The van der Waals surface area contributed by atoms with Crippen molar-refractivity contribution in [2.24, 2.45) is 0 Å². The van der Waals surface area contributed by atoms with E-state index in [0.717, 1.165) is 5.56 Å². The van der Waals surface area contributed by atoms with Crippen LogP contribution in [0.1, 0.15) is 34.3 Å². The monoisotopic (exact) mass is 287 g/mol. The molecule has 0 bridgehead atoms. The van der Waals surface area contributed by atoms with Crippen molar-refractivity contribution in [2.75, 3.05) is 6.54 Å². The molecule has 1 atom stereocenters. The SMILES string of the molecule is CC(CNC(=O)c1cccc(CCl)c1)c1ccccc1. The number of carbonyl (C=O) groups is 1. The topological polar surface area (TPSA) is 29.1 Å². The van der Waals surface area contributed by atoms with Gasteiger partial charge in [0.25, 0.3) is 5.91 Å². The van der Waals surface area contributed by atoms with Crippen molar-refractivity contribution in [3.63, 3.8) is 0 Å². The molecule has 2 aromatic rings. The highest BCUT2D eigenvalue weighted by Crippen LogP contribution is 2.13. The van der Waals surface area contributed by atoms with Crippen LogP contribution in [0.2, 0.25) is 0 Å². The molecule has 2 nitrogen and oxygen atoms in total. The van der Waals surface area contributed by atoms with E-state index < -0.39 is 0 Å². The van der Waals surface area contributed by atoms with Gasteiger partial charge in [-0.05, 0) is 29.2 Å². The van der Waals surface area contributed by atoms with Crippen LogP contribution in [0, 0.1) is 0 Å². The second kappa shape index (κ2) is 7.11. The Morgan fingerprint density at radius 1 is 1.15 bits per heavy atom. The highest BCUT2D eigenvalue weighted by Gasteiger charge is 2.09. The molecule has 20 heavy (non-hydrogen) atoms. The third-order valence-corrected chi connectivity index (χ3v) is 3.59. The Hall–Kier alpha value is -1.80. The third kappa shape index (κ3) is 3.84. The van der Waals surface area contributed by atoms with Crippen molar-refractivity contribution < 1.29 is 4.79 Å². The molecule has 104 valence electrons. The van der Waals surface area contributed by atoms with Crippen molar-refractivity contribution in [3.05, 3.63) is 71.3 Å². The van der Waals surface area contributed by atoms with E-state index in [-0.39, 0.29) is 11.8 Å². The van der Waals surface area contributed by atoms with Crippen LogP contribution in [0.25, 0.3) is 0 Å². The molecule has 0 aliphatic heterocycles. The summed E-state index contributed by atoms with van der Waals surface area (Å²) in [5.41, 5.74) is 2.83. The molecule has 0 radical (unpaired) electrons. The van der Waals surface area contributed by atoms with Crippen LogP contribution in [0.15, 0.2) is 54.6 Å². The smallest absolute Gasteiger partial charge is 0.251 e. The summed E-state index contributed by atoms with van der Waals surface area (Å²) >= 11 is 5.78. The largest absolute Gasteiger partial charge is 0.351 e.